The lowest BCUT2D eigenvalue weighted by Gasteiger charge is -2.22. The van der Waals surface area contributed by atoms with Crippen LogP contribution in [0.1, 0.15) is 46.7 Å². The van der Waals surface area contributed by atoms with E-state index in [4.69, 9.17) is 14.6 Å². The third kappa shape index (κ3) is 7.83. The SMILES string of the molecule is C[C@H](CO)Oc1cccnc1CC[C@H](C)NC(=O)OC(C)(C)C. The van der Waals surface area contributed by atoms with Crippen LogP contribution in [0.15, 0.2) is 18.3 Å². The molecule has 1 heterocycles. The Bertz CT molecular complexity index is 500. The number of alkyl carbamates (subject to hydrolysis) is 1. The van der Waals surface area contributed by atoms with E-state index < -0.39 is 11.7 Å². The summed E-state index contributed by atoms with van der Waals surface area (Å²) in [4.78, 5) is 16.1. The highest BCUT2D eigenvalue weighted by Crippen LogP contribution is 2.19. The second-order valence-electron chi connectivity index (χ2n) is 6.65. The van der Waals surface area contributed by atoms with Crippen molar-refractivity contribution in [1.29, 1.82) is 0 Å². The van der Waals surface area contributed by atoms with Gasteiger partial charge in [0.1, 0.15) is 17.5 Å². The molecule has 1 rings (SSSR count). The summed E-state index contributed by atoms with van der Waals surface area (Å²) in [5.74, 6) is 0.665. The number of pyridine rings is 1. The summed E-state index contributed by atoms with van der Waals surface area (Å²) >= 11 is 0. The van der Waals surface area contributed by atoms with Gasteiger partial charge in [-0.1, -0.05) is 0 Å². The van der Waals surface area contributed by atoms with E-state index in [2.05, 4.69) is 10.3 Å². The Labute approximate surface area is 138 Å². The minimum absolute atomic E-state index is 0.0463. The molecule has 0 aromatic carbocycles. The molecule has 0 saturated carbocycles. The Balaban J connectivity index is 2.53. The molecule has 0 spiro atoms. The lowest BCUT2D eigenvalue weighted by Crippen LogP contribution is -2.37. The predicted molar refractivity (Wildman–Crippen MR) is 88.6 cm³/mol. The van der Waals surface area contributed by atoms with E-state index in [9.17, 15) is 4.79 Å². The van der Waals surface area contributed by atoms with Crippen molar-refractivity contribution < 1.29 is 19.4 Å². The maximum atomic E-state index is 11.7. The van der Waals surface area contributed by atoms with E-state index >= 15 is 0 Å². The number of rotatable bonds is 7. The Kier molecular flexibility index (Phi) is 7.29. The van der Waals surface area contributed by atoms with Gasteiger partial charge in [0.2, 0.25) is 0 Å². The number of hydrogen-bond donors (Lipinski definition) is 2. The van der Waals surface area contributed by atoms with E-state index in [1.807, 2.05) is 33.8 Å². The van der Waals surface area contributed by atoms with Crippen molar-refractivity contribution in [3.8, 4) is 5.75 Å². The number of nitrogens with one attached hydrogen (secondary N) is 1. The average molecular weight is 324 g/mol. The van der Waals surface area contributed by atoms with Crippen LogP contribution in [-0.4, -0.2) is 40.5 Å². The molecule has 23 heavy (non-hydrogen) atoms. The van der Waals surface area contributed by atoms with Gasteiger partial charge in [0.25, 0.3) is 0 Å². The van der Waals surface area contributed by atoms with Crippen molar-refractivity contribution in [1.82, 2.24) is 10.3 Å². The van der Waals surface area contributed by atoms with Gasteiger partial charge in [0.15, 0.2) is 0 Å². The molecule has 6 nitrogen and oxygen atoms in total. The number of amides is 1. The first-order chi connectivity index (χ1) is 10.7. The Hall–Kier alpha value is -1.82. The lowest BCUT2D eigenvalue weighted by molar-refractivity contribution is 0.0506. The highest BCUT2D eigenvalue weighted by atomic mass is 16.6. The van der Waals surface area contributed by atoms with Crippen LogP contribution in [0.3, 0.4) is 0 Å². The van der Waals surface area contributed by atoms with E-state index in [0.29, 0.717) is 18.6 Å². The molecule has 0 radical (unpaired) electrons. The minimum Gasteiger partial charge on any atom is -0.486 e. The van der Waals surface area contributed by atoms with E-state index in [1.165, 1.54) is 0 Å². The van der Waals surface area contributed by atoms with Gasteiger partial charge in [-0.2, -0.15) is 0 Å². The fourth-order valence-corrected chi connectivity index (χ4v) is 1.91. The number of aliphatic hydroxyl groups excluding tert-OH is 1. The van der Waals surface area contributed by atoms with Crippen LogP contribution in [0, 0.1) is 0 Å². The van der Waals surface area contributed by atoms with Crippen LogP contribution >= 0.6 is 0 Å². The third-order valence-corrected chi connectivity index (χ3v) is 3.01. The van der Waals surface area contributed by atoms with Crippen LogP contribution in [0.25, 0.3) is 0 Å². The summed E-state index contributed by atoms with van der Waals surface area (Å²) in [6, 6.07) is 3.58. The first-order valence-corrected chi connectivity index (χ1v) is 7.92. The molecule has 6 heteroatoms. The molecule has 0 saturated heterocycles. The molecule has 2 atom stereocenters. The molecule has 2 N–H and O–H groups in total. The van der Waals surface area contributed by atoms with E-state index in [1.54, 1.807) is 19.2 Å². The Morgan fingerprint density at radius 2 is 2.09 bits per heavy atom. The van der Waals surface area contributed by atoms with Crippen LogP contribution in [0.5, 0.6) is 5.75 Å². The molecule has 0 aliphatic rings. The van der Waals surface area contributed by atoms with Gasteiger partial charge in [-0.15, -0.1) is 0 Å². The largest absolute Gasteiger partial charge is 0.486 e. The van der Waals surface area contributed by atoms with Gasteiger partial charge >= 0.3 is 6.09 Å². The van der Waals surface area contributed by atoms with Gasteiger partial charge in [0.05, 0.1) is 12.3 Å². The normalized spacial score (nSPS) is 14.0. The molecule has 1 aromatic heterocycles. The number of ether oxygens (including phenoxy) is 2. The molecule has 0 aliphatic carbocycles. The Morgan fingerprint density at radius 3 is 2.70 bits per heavy atom. The zero-order valence-corrected chi connectivity index (χ0v) is 14.6. The fraction of sp³-hybridized carbons (Fsp3) is 0.647. The molecule has 130 valence electrons. The number of nitrogens with zero attached hydrogens (tertiary/aromatic N) is 1. The first kappa shape index (κ1) is 19.2. The number of hydrogen-bond acceptors (Lipinski definition) is 5. The van der Waals surface area contributed by atoms with Crippen molar-refractivity contribution in [3.63, 3.8) is 0 Å². The topological polar surface area (TPSA) is 80.7 Å². The summed E-state index contributed by atoms with van der Waals surface area (Å²) in [6.45, 7) is 9.16. The molecule has 1 amide bonds. The molecule has 0 aliphatic heterocycles. The zero-order valence-electron chi connectivity index (χ0n) is 14.6. The highest BCUT2D eigenvalue weighted by molar-refractivity contribution is 5.68. The third-order valence-electron chi connectivity index (χ3n) is 3.01. The van der Waals surface area contributed by atoms with Gasteiger partial charge in [-0.3, -0.25) is 4.98 Å². The summed E-state index contributed by atoms with van der Waals surface area (Å²) in [5.41, 5.74) is 0.303. The standard InChI is InChI=1S/C17H28N2O4/c1-12(19-16(21)23-17(3,4)5)8-9-14-15(7-6-10-18-14)22-13(2)11-20/h6-7,10,12-13,20H,8-9,11H2,1-5H3,(H,19,21)/t12-,13+/m0/s1. The van der Waals surface area contributed by atoms with Crippen molar-refractivity contribution in [2.24, 2.45) is 0 Å². The zero-order chi connectivity index (χ0) is 17.5. The van der Waals surface area contributed by atoms with Crippen molar-refractivity contribution in [2.75, 3.05) is 6.61 Å². The van der Waals surface area contributed by atoms with E-state index in [-0.39, 0.29) is 18.8 Å². The molecule has 0 unspecified atom stereocenters. The minimum atomic E-state index is -0.508. The molecular formula is C17H28N2O4. The van der Waals surface area contributed by atoms with Crippen molar-refractivity contribution in [2.45, 2.75) is 65.2 Å². The summed E-state index contributed by atoms with van der Waals surface area (Å²) < 4.78 is 10.9. The summed E-state index contributed by atoms with van der Waals surface area (Å²) in [5, 5.41) is 11.9. The highest BCUT2D eigenvalue weighted by Gasteiger charge is 2.18. The quantitative estimate of drug-likeness (QED) is 0.806. The van der Waals surface area contributed by atoms with Crippen molar-refractivity contribution >= 4 is 6.09 Å². The summed E-state index contributed by atoms with van der Waals surface area (Å²) in [7, 11) is 0. The average Bonchev–Trinajstić information content (AvgIpc) is 2.44. The summed E-state index contributed by atoms with van der Waals surface area (Å²) in [6.07, 6.45) is 2.37. The van der Waals surface area contributed by atoms with E-state index in [0.717, 1.165) is 5.69 Å². The molecular weight excluding hydrogens is 296 g/mol. The lowest BCUT2D eigenvalue weighted by atomic mass is 10.1. The first-order valence-electron chi connectivity index (χ1n) is 7.92. The van der Waals surface area contributed by atoms with Gasteiger partial charge < -0.3 is 19.9 Å². The van der Waals surface area contributed by atoms with Gasteiger partial charge in [0, 0.05) is 12.2 Å². The van der Waals surface area contributed by atoms with Gasteiger partial charge in [-0.05, 0) is 59.6 Å². The smallest absolute Gasteiger partial charge is 0.407 e. The van der Waals surface area contributed by atoms with Crippen LogP contribution in [-0.2, 0) is 11.2 Å². The maximum Gasteiger partial charge on any atom is 0.407 e. The molecule has 1 aromatic rings. The molecule has 0 fully saturated rings. The number of aryl methyl sites for hydroxylation is 1. The second-order valence-corrected chi connectivity index (χ2v) is 6.65. The van der Waals surface area contributed by atoms with Gasteiger partial charge in [-0.25, -0.2) is 4.79 Å². The fourth-order valence-electron chi connectivity index (χ4n) is 1.91. The number of carbonyl (C=O) groups excluding carboxylic acids is 1. The van der Waals surface area contributed by atoms with Crippen LogP contribution < -0.4 is 10.1 Å². The molecule has 0 bridgehead atoms. The van der Waals surface area contributed by atoms with Crippen molar-refractivity contribution in [3.05, 3.63) is 24.0 Å². The Morgan fingerprint density at radius 1 is 1.39 bits per heavy atom. The van der Waals surface area contributed by atoms with Crippen LogP contribution in [0.2, 0.25) is 0 Å². The number of aliphatic hydroxyl groups is 1. The maximum absolute atomic E-state index is 11.7. The number of aromatic nitrogens is 1. The monoisotopic (exact) mass is 324 g/mol. The predicted octanol–water partition coefficient (Wildman–Crippen LogP) is 2.69. The van der Waals surface area contributed by atoms with Crippen LogP contribution in [0.4, 0.5) is 4.79 Å². The number of carbonyl (C=O) groups is 1. The second kappa shape index (κ2) is 8.72.